The van der Waals surface area contributed by atoms with Gasteiger partial charge in [0, 0.05) is 25.7 Å². The predicted octanol–water partition coefficient (Wildman–Crippen LogP) is 3.32. The van der Waals surface area contributed by atoms with E-state index < -0.39 is 0 Å². The van der Waals surface area contributed by atoms with E-state index in [1.807, 2.05) is 0 Å². The molecule has 0 aliphatic carbocycles. The van der Waals surface area contributed by atoms with Gasteiger partial charge < -0.3 is 5.73 Å². The van der Waals surface area contributed by atoms with Gasteiger partial charge in [-0.2, -0.15) is 0 Å². The second-order valence-electron chi connectivity index (χ2n) is 5.71. The second kappa shape index (κ2) is 5.39. The summed E-state index contributed by atoms with van der Waals surface area (Å²) in [6.45, 7) is 7.05. The zero-order valence-corrected chi connectivity index (χ0v) is 12.3. The Labute approximate surface area is 121 Å². The van der Waals surface area contributed by atoms with Crippen molar-refractivity contribution in [1.29, 1.82) is 0 Å². The SMILES string of the molecule is Cc1cccc(C(CN)N2Cc3ccccc3C2)c1C. The van der Waals surface area contributed by atoms with Gasteiger partial charge in [0.1, 0.15) is 0 Å². The summed E-state index contributed by atoms with van der Waals surface area (Å²) in [6.07, 6.45) is 0. The molecular weight excluding hydrogens is 244 g/mol. The Morgan fingerprint density at radius 1 is 1.00 bits per heavy atom. The summed E-state index contributed by atoms with van der Waals surface area (Å²) in [7, 11) is 0. The summed E-state index contributed by atoms with van der Waals surface area (Å²) in [5, 5.41) is 0. The number of aryl methyl sites for hydroxylation is 1. The molecule has 0 aromatic heterocycles. The van der Waals surface area contributed by atoms with Crippen molar-refractivity contribution >= 4 is 0 Å². The van der Waals surface area contributed by atoms with Gasteiger partial charge in [-0.05, 0) is 41.7 Å². The first-order valence-corrected chi connectivity index (χ1v) is 7.27. The number of nitrogens with two attached hydrogens (primary N) is 1. The Bertz CT molecular complexity index is 594. The summed E-state index contributed by atoms with van der Waals surface area (Å²) < 4.78 is 0. The average Bonchev–Trinajstić information content (AvgIpc) is 2.87. The summed E-state index contributed by atoms with van der Waals surface area (Å²) >= 11 is 0. The van der Waals surface area contributed by atoms with Gasteiger partial charge >= 0.3 is 0 Å². The number of rotatable bonds is 3. The van der Waals surface area contributed by atoms with Gasteiger partial charge in [-0.15, -0.1) is 0 Å². The van der Waals surface area contributed by atoms with Crippen molar-refractivity contribution in [1.82, 2.24) is 4.90 Å². The Hall–Kier alpha value is -1.64. The molecule has 2 aromatic rings. The van der Waals surface area contributed by atoms with Crippen molar-refractivity contribution in [3.8, 4) is 0 Å². The predicted molar refractivity (Wildman–Crippen MR) is 83.4 cm³/mol. The van der Waals surface area contributed by atoms with Gasteiger partial charge in [-0.1, -0.05) is 42.5 Å². The molecule has 0 amide bonds. The molecule has 3 rings (SSSR count). The van der Waals surface area contributed by atoms with E-state index in [9.17, 15) is 0 Å². The highest BCUT2D eigenvalue weighted by atomic mass is 15.2. The van der Waals surface area contributed by atoms with Gasteiger partial charge in [0.15, 0.2) is 0 Å². The largest absolute Gasteiger partial charge is 0.329 e. The van der Waals surface area contributed by atoms with Gasteiger partial charge in [-0.25, -0.2) is 0 Å². The van der Waals surface area contributed by atoms with Crippen LogP contribution in [0.2, 0.25) is 0 Å². The van der Waals surface area contributed by atoms with Crippen LogP contribution in [0.25, 0.3) is 0 Å². The maximum atomic E-state index is 6.10. The first-order chi connectivity index (χ1) is 9.70. The van der Waals surface area contributed by atoms with Crippen LogP contribution in [0, 0.1) is 13.8 Å². The molecule has 1 atom stereocenters. The fourth-order valence-corrected chi connectivity index (χ4v) is 3.19. The minimum Gasteiger partial charge on any atom is -0.329 e. The number of hydrogen-bond acceptors (Lipinski definition) is 2. The molecule has 0 spiro atoms. The van der Waals surface area contributed by atoms with Crippen LogP contribution in [0.5, 0.6) is 0 Å². The molecule has 1 aliphatic rings. The number of fused-ring (bicyclic) bond motifs is 1. The molecule has 1 heterocycles. The highest BCUT2D eigenvalue weighted by Crippen LogP contribution is 2.32. The van der Waals surface area contributed by atoms with Gasteiger partial charge in [-0.3, -0.25) is 4.90 Å². The first-order valence-electron chi connectivity index (χ1n) is 7.27. The molecular formula is C18H22N2. The fraction of sp³-hybridized carbons (Fsp3) is 0.333. The Morgan fingerprint density at radius 3 is 2.25 bits per heavy atom. The lowest BCUT2D eigenvalue weighted by molar-refractivity contribution is 0.204. The molecule has 0 radical (unpaired) electrons. The minimum absolute atomic E-state index is 0.308. The maximum Gasteiger partial charge on any atom is 0.0480 e. The van der Waals surface area contributed by atoms with E-state index >= 15 is 0 Å². The van der Waals surface area contributed by atoms with E-state index in [1.54, 1.807) is 0 Å². The van der Waals surface area contributed by atoms with Crippen molar-refractivity contribution in [3.63, 3.8) is 0 Å². The van der Waals surface area contributed by atoms with Crippen LogP contribution in [-0.2, 0) is 13.1 Å². The molecule has 2 heteroatoms. The normalized spacial score (nSPS) is 16.1. The highest BCUT2D eigenvalue weighted by Gasteiger charge is 2.26. The summed E-state index contributed by atoms with van der Waals surface area (Å²) in [5.41, 5.74) is 13.1. The van der Waals surface area contributed by atoms with E-state index in [0.29, 0.717) is 12.6 Å². The second-order valence-corrected chi connectivity index (χ2v) is 5.71. The van der Waals surface area contributed by atoms with Crippen molar-refractivity contribution in [2.75, 3.05) is 6.54 Å². The smallest absolute Gasteiger partial charge is 0.0480 e. The average molecular weight is 266 g/mol. The zero-order valence-electron chi connectivity index (χ0n) is 12.3. The lowest BCUT2D eigenvalue weighted by Crippen LogP contribution is -2.30. The van der Waals surface area contributed by atoms with E-state index in [2.05, 4.69) is 61.2 Å². The molecule has 104 valence electrons. The van der Waals surface area contributed by atoms with Gasteiger partial charge in [0.2, 0.25) is 0 Å². The first kappa shape index (κ1) is 13.3. The fourth-order valence-electron chi connectivity index (χ4n) is 3.19. The summed E-state index contributed by atoms with van der Waals surface area (Å²) in [6, 6.07) is 15.5. The van der Waals surface area contributed by atoms with Crippen LogP contribution in [-0.4, -0.2) is 11.4 Å². The lowest BCUT2D eigenvalue weighted by atomic mass is 9.96. The minimum atomic E-state index is 0.308. The maximum absolute atomic E-state index is 6.10. The van der Waals surface area contributed by atoms with E-state index in [0.717, 1.165) is 13.1 Å². The Kier molecular flexibility index (Phi) is 3.60. The van der Waals surface area contributed by atoms with Gasteiger partial charge in [0.25, 0.3) is 0 Å². The van der Waals surface area contributed by atoms with Crippen molar-refractivity contribution in [2.24, 2.45) is 5.73 Å². The zero-order chi connectivity index (χ0) is 14.1. The quantitative estimate of drug-likeness (QED) is 0.923. The molecule has 2 nitrogen and oxygen atoms in total. The lowest BCUT2D eigenvalue weighted by Gasteiger charge is -2.28. The topological polar surface area (TPSA) is 29.3 Å². The molecule has 0 fully saturated rings. The van der Waals surface area contributed by atoms with E-state index in [4.69, 9.17) is 5.73 Å². The number of benzene rings is 2. The van der Waals surface area contributed by atoms with Crippen LogP contribution in [0.3, 0.4) is 0 Å². The molecule has 0 bridgehead atoms. The standard InChI is InChI=1S/C18H22N2/c1-13-6-5-9-17(14(13)2)18(10-19)20-11-15-7-3-4-8-16(15)12-20/h3-9,18H,10-12,19H2,1-2H3. The third-order valence-electron chi connectivity index (χ3n) is 4.53. The molecule has 1 aliphatic heterocycles. The van der Waals surface area contributed by atoms with E-state index in [1.165, 1.54) is 27.8 Å². The van der Waals surface area contributed by atoms with Crippen LogP contribution in [0.1, 0.15) is 33.9 Å². The molecule has 2 N–H and O–H groups in total. The van der Waals surface area contributed by atoms with E-state index in [-0.39, 0.29) is 0 Å². The highest BCUT2D eigenvalue weighted by molar-refractivity contribution is 5.37. The van der Waals surface area contributed by atoms with Crippen LogP contribution in [0.4, 0.5) is 0 Å². The van der Waals surface area contributed by atoms with Crippen molar-refractivity contribution in [3.05, 3.63) is 70.3 Å². The third kappa shape index (κ3) is 2.26. The van der Waals surface area contributed by atoms with Gasteiger partial charge in [0.05, 0.1) is 0 Å². The van der Waals surface area contributed by atoms with Crippen molar-refractivity contribution < 1.29 is 0 Å². The molecule has 0 saturated carbocycles. The van der Waals surface area contributed by atoms with Crippen LogP contribution < -0.4 is 5.73 Å². The summed E-state index contributed by atoms with van der Waals surface area (Å²) in [5.74, 6) is 0. The Balaban J connectivity index is 1.91. The van der Waals surface area contributed by atoms with Crippen molar-refractivity contribution in [2.45, 2.75) is 33.0 Å². The third-order valence-corrected chi connectivity index (χ3v) is 4.53. The number of nitrogens with zero attached hydrogens (tertiary/aromatic N) is 1. The molecule has 1 unspecified atom stereocenters. The molecule has 2 aromatic carbocycles. The molecule has 20 heavy (non-hydrogen) atoms. The Morgan fingerprint density at radius 2 is 1.65 bits per heavy atom. The molecule has 0 saturated heterocycles. The van der Waals surface area contributed by atoms with Crippen LogP contribution in [0.15, 0.2) is 42.5 Å². The number of hydrogen-bond donors (Lipinski definition) is 1. The summed E-state index contributed by atoms with van der Waals surface area (Å²) in [4.78, 5) is 2.49. The van der Waals surface area contributed by atoms with Crippen LogP contribution >= 0.6 is 0 Å². The monoisotopic (exact) mass is 266 g/mol.